The van der Waals surface area contributed by atoms with Crippen molar-refractivity contribution in [2.75, 3.05) is 5.32 Å². The molecule has 1 saturated carbocycles. The fourth-order valence-electron chi connectivity index (χ4n) is 2.48. The molecule has 0 aromatic carbocycles. The van der Waals surface area contributed by atoms with Crippen LogP contribution in [-0.2, 0) is 4.79 Å². The van der Waals surface area contributed by atoms with Gasteiger partial charge in [0.15, 0.2) is 10.4 Å². The number of aromatic nitrogens is 2. The maximum atomic E-state index is 12.4. The van der Waals surface area contributed by atoms with Crippen LogP contribution in [0.25, 0.3) is 0 Å². The van der Waals surface area contributed by atoms with Crippen molar-refractivity contribution in [1.29, 1.82) is 0 Å². The minimum atomic E-state index is -0.469. The van der Waals surface area contributed by atoms with E-state index < -0.39 is 11.8 Å². The summed E-state index contributed by atoms with van der Waals surface area (Å²) < 4.78 is 7.10. The third kappa shape index (κ3) is 3.05. The molecule has 0 atom stereocenters. The molecule has 2 aliphatic rings. The van der Waals surface area contributed by atoms with E-state index in [2.05, 4.69) is 42.9 Å². The molecule has 2 amide bonds. The highest BCUT2D eigenvalue weighted by molar-refractivity contribution is 9.10. The smallest absolute Gasteiger partial charge is 0.292 e. The zero-order chi connectivity index (χ0) is 18.4. The lowest BCUT2D eigenvalue weighted by atomic mass is 10.2. The van der Waals surface area contributed by atoms with E-state index in [1.165, 1.54) is 4.68 Å². The molecule has 0 unspecified atom stereocenters. The number of carbonyl (C=O) groups excluding carboxylic acids is 2. The molecule has 8 nitrogen and oxygen atoms in total. The fraction of sp³-hybridized carbons (Fsp3) is 0.235. The molecule has 4 rings (SSSR count). The Hall–Kier alpha value is -2.81. The highest BCUT2D eigenvalue weighted by atomic mass is 79.9. The number of anilines is 1. The normalized spacial score (nSPS) is 17.2. The maximum Gasteiger partial charge on any atom is 0.292 e. The number of halogens is 1. The third-order valence-electron chi connectivity index (χ3n) is 4.12. The lowest BCUT2D eigenvalue weighted by molar-refractivity contribution is -0.113. The number of hydrogen-bond acceptors (Lipinski definition) is 5. The molecule has 1 fully saturated rings. The van der Waals surface area contributed by atoms with Gasteiger partial charge in [0.2, 0.25) is 0 Å². The van der Waals surface area contributed by atoms with Crippen molar-refractivity contribution in [3.8, 4) is 0 Å². The molecule has 132 valence electrons. The summed E-state index contributed by atoms with van der Waals surface area (Å²) in [5.41, 5.74) is 1.54. The molecular weight excluding hydrogens is 402 g/mol. The van der Waals surface area contributed by atoms with E-state index in [0.717, 1.165) is 18.5 Å². The fourth-order valence-corrected chi connectivity index (χ4v) is 2.79. The lowest BCUT2D eigenvalue weighted by Gasteiger charge is -2.12. The van der Waals surface area contributed by atoms with E-state index in [1.54, 1.807) is 25.1 Å². The summed E-state index contributed by atoms with van der Waals surface area (Å²) in [5.74, 6) is 0.0647. The van der Waals surface area contributed by atoms with Crippen LogP contribution in [0, 0.1) is 0 Å². The zero-order valence-electron chi connectivity index (χ0n) is 13.8. The van der Waals surface area contributed by atoms with E-state index in [4.69, 9.17) is 4.42 Å². The van der Waals surface area contributed by atoms with Crippen LogP contribution in [0.4, 0.5) is 5.82 Å². The van der Waals surface area contributed by atoms with E-state index in [9.17, 15) is 9.59 Å². The molecule has 2 aromatic heterocycles. The van der Waals surface area contributed by atoms with Gasteiger partial charge >= 0.3 is 0 Å². The number of amides is 2. The molecule has 3 heterocycles. The van der Waals surface area contributed by atoms with Gasteiger partial charge in [0.1, 0.15) is 5.82 Å². The monoisotopic (exact) mass is 415 g/mol. The van der Waals surface area contributed by atoms with Gasteiger partial charge < -0.3 is 9.73 Å². The Kier molecular flexibility index (Phi) is 3.95. The molecule has 1 aliphatic carbocycles. The largest absolute Gasteiger partial charge is 0.444 e. The summed E-state index contributed by atoms with van der Waals surface area (Å²) in [6, 6.07) is 4.95. The van der Waals surface area contributed by atoms with E-state index in [0.29, 0.717) is 22.1 Å². The van der Waals surface area contributed by atoms with Crippen LogP contribution < -0.4 is 5.32 Å². The first-order chi connectivity index (χ1) is 12.4. The standard InChI is InChI=1S/C17H14BrN5O3/c1-8-9(2)19-17(21-15(8)24)23-14(7-11(22-23)10-3-4-10)20-16(25)12-5-6-13(18)26-12/h5-7,10H,1,3-4H2,2H3,(H,20,25). The molecule has 0 bridgehead atoms. The van der Waals surface area contributed by atoms with Gasteiger partial charge in [-0.3, -0.25) is 9.59 Å². The third-order valence-corrected chi connectivity index (χ3v) is 4.54. The molecule has 0 radical (unpaired) electrons. The van der Waals surface area contributed by atoms with Crippen molar-refractivity contribution in [1.82, 2.24) is 9.78 Å². The summed E-state index contributed by atoms with van der Waals surface area (Å²) in [4.78, 5) is 32.6. The average molecular weight is 416 g/mol. The van der Waals surface area contributed by atoms with Gasteiger partial charge in [-0.05, 0) is 47.8 Å². The molecule has 1 aliphatic heterocycles. The number of hydrogen-bond donors (Lipinski definition) is 1. The van der Waals surface area contributed by atoms with Crippen molar-refractivity contribution < 1.29 is 14.0 Å². The molecule has 26 heavy (non-hydrogen) atoms. The van der Waals surface area contributed by atoms with Crippen LogP contribution in [0.2, 0.25) is 0 Å². The number of rotatable bonds is 3. The second-order valence-corrected chi connectivity index (χ2v) is 6.87. The van der Waals surface area contributed by atoms with Crippen LogP contribution >= 0.6 is 15.9 Å². The molecular formula is C17H14BrN5O3. The molecule has 2 aromatic rings. The Bertz CT molecular complexity index is 1010. The van der Waals surface area contributed by atoms with Gasteiger partial charge in [0, 0.05) is 12.0 Å². The molecule has 0 spiro atoms. The summed E-state index contributed by atoms with van der Waals surface area (Å²) in [6.07, 6.45) is 2.08. The van der Waals surface area contributed by atoms with Crippen LogP contribution in [0.3, 0.4) is 0 Å². The number of aliphatic imine (C=N–C) groups is 2. The van der Waals surface area contributed by atoms with Crippen LogP contribution in [0.1, 0.15) is 41.9 Å². The zero-order valence-corrected chi connectivity index (χ0v) is 15.4. The Labute approximate surface area is 156 Å². The first-order valence-corrected chi connectivity index (χ1v) is 8.76. The lowest BCUT2D eigenvalue weighted by Crippen LogP contribution is -2.25. The number of nitrogens with one attached hydrogen (secondary N) is 1. The van der Waals surface area contributed by atoms with Crippen molar-refractivity contribution in [2.45, 2.75) is 25.7 Å². The number of carbonyl (C=O) groups is 2. The Morgan fingerprint density at radius 1 is 1.38 bits per heavy atom. The van der Waals surface area contributed by atoms with Crippen LogP contribution in [0.15, 0.2) is 49.4 Å². The van der Waals surface area contributed by atoms with Crippen LogP contribution in [-0.4, -0.2) is 33.3 Å². The van der Waals surface area contributed by atoms with E-state index in [1.807, 2.05) is 0 Å². The first kappa shape index (κ1) is 16.6. The second-order valence-electron chi connectivity index (χ2n) is 6.09. The first-order valence-electron chi connectivity index (χ1n) is 7.97. The number of furan rings is 1. The van der Waals surface area contributed by atoms with Gasteiger partial charge in [-0.25, -0.2) is 4.99 Å². The van der Waals surface area contributed by atoms with Crippen molar-refractivity contribution in [2.24, 2.45) is 9.98 Å². The van der Waals surface area contributed by atoms with E-state index >= 15 is 0 Å². The highest BCUT2D eigenvalue weighted by Gasteiger charge is 2.30. The van der Waals surface area contributed by atoms with Crippen molar-refractivity contribution in [3.05, 3.63) is 46.5 Å². The van der Waals surface area contributed by atoms with Gasteiger partial charge in [0.05, 0.1) is 17.0 Å². The van der Waals surface area contributed by atoms with Gasteiger partial charge in [-0.2, -0.15) is 14.8 Å². The van der Waals surface area contributed by atoms with E-state index in [-0.39, 0.29) is 17.3 Å². The minimum Gasteiger partial charge on any atom is -0.444 e. The minimum absolute atomic E-state index is 0.0997. The molecule has 1 N–H and O–H groups in total. The van der Waals surface area contributed by atoms with Crippen molar-refractivity contribution >= 4 is 45.2 Å². The number of nitrogens with zero attached hydrogens (tertiary/aromatic N) is 4. The van der Waals surface area contributed by atoms with Gasteiger partial charge in [-0.1, -0.05) is 6.58 Å². The maximum absolute atomic E-state index is 12.4. The second kappa shape index (κ2) is 6.17. The predicted octanol–water partition coefficient (Wildman–Crippen LogP) is 3.13. The summed E-state index contributed by atoms with van der Waals surface area (Å²) in [6.45, 7) is 5.34. The predicted molar refractivity (Wildman–Crippen MR) is 98.7 cm³/mol. The highest BCUT2D eigenvalue weighted by Crippen LogP contribution is 2.40. The Morgan fingerprint density at radius 3 is 2.77 bits per heavy atom. The topological polar surface area (TPSA) is 102 Å². The van der Waals surface area contributed by atoms with Crippen LogP contribution in [0.5, 0.6) is 0 Å². The summed E-state index contributed by atoms with van der Waals surface area (Å²) >= 11 is 3.17. The quantitative estimate of drug-likeness (QED) is 0.777. The van der Waals surface area contributed by atoms with Gasteiger partial charge in [-0.15, -0.1) is 0 Å². The average Bonchev–Trinajstić information content (AvgIpc) is 3.23. The Morgan fingerprint density at radius 2 is 2.15 bits per heavy atom. The van der Waals surface area contributed by atoms with Crippen molar-refractivity contribution in [3.63, 3.8) is 0 Å². The Balaban J connectivity index is 1.70. The summed E-state index contributed by atoms with van der Waals surface area (Å²) in [7, 11) is 0. The summed E-state index contributed by atoms with van der Waals surface area (Å²) in [5, 5.41) is 7.23. The molecule has 9 heteroatoms. The SMILES string of the molecule is C=C1C(=O)N=C(n2nc(C3CC3)cc2NC(=O)c2ccc(Br)o2)N=C1C. The molecule has 0 saturated heterocycles. The van der Waals surface area contributed by atoms with Gasteiger partial charge in [0.25, 0.3) is 17.8 Å².